The molecule has 5 nitrogen and oxygen atoms in total. The molecule has 1 aromatic carbocycles. The molecular weight excluding hydrogens is 216 g/mol. The second kappa shape index (κ2) is 5.07. The van der Waals surface area contributed by atoms with Crippen molar-refractivity contribution < 1.29 is 9.57 Å². The number of rotatable bonds is 3. The highest BCUT2D eigenvalue weighted by Crippen LogP contribution is 2.17. The monoisotopic (exact) mass is 229 g/mol. The lowest BCUT2D eigenvalue weighted by Crippen LogP contribution is -2.39. The van der Waals surface area contributed by atoms with Crippen LogP contribution in [0.15, 0.2) is 59.0 Å². The minimum absolute atomic E-state index is 0.709. The number of pyridine rings is 1. The van der Waals surface area contributed by atoms with Gasteiger partial charge in [-0.15, -0.1) is 5.11 Å². The lowest BCUT2D eigenvalue weighted by Gasteiger charge is -1.94. The molecule has 0 aliphatic rings. The number of nitrogens with zero attached hydrogens (tertiary/aromatic N) is 3. The minimum atomic E-state index is 0.709. The molecule has 0 atom stereocenters. The standard InChI is InChI=1S/C12H13N4O/c1-17-16-8-2-3-12(9-16)15-14-11-6-4-10(13)5-7-11/h2-9H,13H2,1H3/q+1. The second-order valence-electron chi connectivity index (χ2n) is 3.40. The van der Waals surface area contributed by atoms with Crippen molar-refractivity contribution in [3.8, 4) is 0 Å². The first-order chi connectivity index (χ1) is 8.28. The van der Waals surface area contributed by atoms with Crippen molar-refractivity contribution in [1.82, 2.24) is 0 Å². The third kappa shape index (κ3) is 3.01. The lowest BCUT2D eigenvalue weighted by molar-refractivity contribution is -0.885. The quantitative estimate of drug-likeness (QED) is 0.497. The fourth-order valence-electron chi connectivity index (χ4n) is 1.27. The Balaban J connectivity index is 2.16. The van der Waals surface area contributed by atoms with Crippen molar-refractivity contribution in [1.29, 1.82) is 0 Å². The number of azo groups is 1. The van der Waals surface area contributed by atoms with Crippen LogP contribution in [0.5, 0.6) is 0 Å². The van der Waals surface area contributed by atoms with E-state index < -0.39 is 0 Å². The molecule has 2 aromatic rings. The average Bonchev–Trinajstić information content (AvgIpc) is 2.38. The number of hydrogen-bond acceptors (Lipinski definition) is 4. The van der Waals surface area contributed by atoms with E-state index in [0.717, 1.165) is 5.69 Å². The van der Waals surface area contributed by atoms with Gasteiger partial charge in [0.2, 0.25) is 12.4 Å². The van der Waals surface area contributed by atoms with Crippen LogP contribution >= 0.6 is 0 Å². The Kier molecular flexibility index (Phi) is 3.30. The SMILES string of the molecule is CO[n+]1cccc(N=Nc2ccc(N)cc2)c1. The van der Waals surface area contributed by atoms with Gasteiger partial charge in [0.15, 0.2) is 5.69 Å². The summed E-state index contributed by atoms with van der Waals surface area (Å²) in [6, 6.07) is 10.9. The fraction of sp³-hybridized carbons (Fsp3) is 0.0833. The number of nitrogen functional groups attached to an aromatic ring is 1. The molecule has 1 heterocycles. The van der Waals surface area contributed by atoms with Gasteiger partial charge in [0.05, 0.1) is 5.69 Å². The van der Waals surface area contributed by atoms with Crippen LogP contribution < -0.4 is 15.3 Å². The van der Waals surface area contributed by atoms with Gasteiger partial charge in [0.1, 0.15) is 7.11 Å². The van der Waals surface area contributed by atoms with Gasteiger partial charge in [-0.05, 0) is 30.3 Å². The molecule has 0 aliphatic heterocycles. The number of anilines is 1. The summed E-state index contributed by atoms with van der Waals surface area (Å²) in [4.78, 5) is 5.02. The summed E-state index contributed by atoms with van der Waals surface area (Å²) in [6.07, 6.45) is 3.52. The van der Waals surface area contributed by atoms with Crippen LogP contribution in [0.4, 0.5) is 17.1 Å². The zero-order valence-electron chi connectivity index (χ0n) is 9.45. The molecule has 2 rings (SSSR count). The second-order valence-corrected chi connectivity index (χ2v) is 3.40. The summed E-state index contributed by atoms with van der Waals surface area (Å²) in [5.41, 5.74) is 7.76. The average molecular weight is 229 g/mol. The summed E-state index contributed by atoms with van der Waals surface area (Å²) >= 11 is 0. The van der Waals surface area contributed by atoms with E-state index in [4.69, 9.17) is 10.6 Å². The van der Waals surface area contributed by atoms with Crippen molar-refractivity contribution in [2.24, 2.45) is 10.2 Å². The predicted molar refractivity (Wildman–Crippen MR) is 64.2 cm³/mol. The summed E-state index contributed by atoms with van der Waals surface area (Å²) in [6.45, 7) is 0. The summed E-state index contributed by atoms with van der Waals surface area (Å²) in [5, 5.41) is 8.19. The summed E-state index contributed by atoms with van der Waals surface area (Å²) < 4.78 is 1.55. The van der Waals surface area contributed by atoms with E-state index in [2.05, 4.69) is 10.2 Å². The Morgan fingerprint density at radius 2 is 1.76 bits per heavy atom. The van der Waals surface area contributed by atoms with Gasteiger partial charge >= 0.3 is 0 Å². The van der Waals surface area contributed by atoms with E-state index in [9.17, 15) is 0 Å². The molecule has 0 saturated heterocycles. The van der Waals surface area contributed by atoms with Crippen molar-refractivity contribution in [3.63, 3.8) is 0 Å². The molecule has 86 valence electrons. The largest absolute Gasteiger partial charge is 0.399 e. The van der Waals surface area contributed by atoms with E-state index in [1.165, 1.54) is 0 Å². The van der Waals surface area contributed by atoms with E-state index in [1.807, 2.05) is 24.3 Å². The van der Waals surface area contributed by atoms with Gasteiger partial charge < -0.3 is 5.73 Å². The van der Waals surface area contributed by atoms with Gasteiger partial charge in [-0.2, -0.15) is 5.11 Å². The first-order valence-electron chi connectivity index (χ1n) is 5.11. The Morgan fingerprint density at radius 1 is 1.06 bits per heavy atom. The molecule has 0 saturated carbocycles. The number of aromatic nitrogens is 1. The topological polar surface area (TPSA) is 63.8 Å². The predicted octanol–water partition coefficient (Wildman–Crippen LogP) is 2.03. The molecule has 0 unspecified atom stereocenters. The lowest BCUT2D eigenvalue weighted by atomic mass is 10.3. The first-order valence-corrected chi connectivity index (χ1v) is 5.11. The molecule has 0 bridgehead atoms. The maximum atomic E-state index is 5.58. The van der Waals surface area contributed by atoms with Crippen LogP contribution in [0.2, 0.25) is 0 Å². The van der Waals surface area contributed by atoms with Crippen LogP contribution in [0, 0.1) is 0 Å². The molecule has 0 radical (unpaired) electrons. The number of nitrogens with two attached hydrogens (primary N) is 1. The normalized spacial score (nSPS) is 10.6. The van der Waals surface area contributed by atoms with Crippen molar-refractivity contribution >= 4 is 17.1 Å². The maximum absolute atomic E-state index is 5.58. The van der Waals surface area contributed by atoms with E-state index in [-0.39, 0.29) is 0 Å². The smallest absolute Gasteiger partial charge is 0.249 e. The first kappa shape index (κ1) is 11.1. The number of benzene rings is 1. The highest BCUT2D eigenvalue weighted by molar-refractivity contribution is 5.47. The number of hydrogen-bond donors (Lipinski definition) is 1. The van der Waals surface area contributed by atoms with E-state index in [1.54, 1.807) is 36.4 Å². The van der Waals surface area contributed by atoms with Crippen LogP contribution in [0.1, 0.15) is 0 Å². The molecule has 2 N–H and O–H groups in total. The molecule has 0 aliphatic carbocycles. The van der Waals surface area contributed by atoms with Gasteiger partial charge in [-0.1, -0.05) is 0 Å². The van der Waals surface area contributed by atoms with Crippen molar-refractivity contribution in [2.45, 2.75) is 0 Å². The molecule has 1 aromatic heterocycles. The van der Waals surface area contributed by atoms with Crippen LogP contribution in [-0.4, -0.2) is 7.11 Å². The third-order valence-corrected chi connectivity index (χ3v) is 2.14. The Morgan fingerprint density at radius 3 is 2.47 bits per heavy atom. The van der Waals surface area contributed by atoms with E-state index in [0.29, 0.717) is 11.4 Å². The molecule has 0 fully saturated rings. The minimum Gasteiger partial charge on any atom is -0.399 e. The molecule has 17 heavy (non-hydrogen) atoms. The Hall–Kier alpha value is -2.43. The molecule has 5 heteroatoms. The Bertz CT molecular complexity index is 522. The fourth-order valence-corrected chi connectivity index (χ4v) is 1.27. The Labute approximate surface area is 99.1 Å². The molecular formula is C12H13N4O+. The van der Waals surface area contributed by atoms with Crippen molar-refractivity contribution in [2.75, 3.05) is 12.8 Å². The van der Waals surface area contributed by atoms with Crippen LogP contribution in [0.25, 0.3) is 0 Å². The maximum Gasteiger partial charge on any atom is 0.249 e. The van der Waals surface area contributed by atoms with Gasteiger partial charge in [0, 0.05) is 16.5 Å². The summed E-state index contributed by atoms with van der Waals surface area (Å²) in [5.74, 6) is 0. The summed E-state index contributed by atoms with van der Waals surface area (Å²) in [7, 11) is 1.58. The van der Waals surface area contributed by atoms with Gasteiger partial charge in [0.25, 0.3) is 0 Å². The zero-order valence-corrected chi connectivity index (χ0v) is 9.45. The third-order valence-electron chi connectivity index (χ3n) is 2.14. The van der Waals surface area contributed by atoms with E-state index >= 15 is 0 Å². The van der Waals surface area contributed by atoms with Gasteiger partial charge in [-0.3, -0.25) is 4.84 Å². The van der Waals surface area contributed by atoms with Gasteiger partial charge in [-0.25, -0.2) is 0 Å². The van der Waals surface area contributed by atoms with Crippen molar-refractivity contribution in [3.05, 3.63) is 48.8 Å². The molecule has 0 amide bonds. The van der Waals surface area contributed by atoms with Crippen LogP contribution in [-0.2, 0) is 0 Å². The molecule has 0 spiro atoms. The highest BCUT2D eigenvalue weighted by Gasteiger charge is 2.00. The van der Waals surface area contributed by atoms with Crippen LogP contribution in [0.3, 0.4) is 0 Å². The zero-order chi connectivity index (χ0) is 12.1. The highest BCUT2D eigenvalue weighted by atomic mass is 16.6.